The van der Waals surface area contributed by atoms with Gasteiger partial charge in [0.05, 0.1) is 16.5 Å². The average molecular weight is 382 g/mol. The van der Waals surface area contributed by atoms with Crippen LogP contribution in [0.4, 0.5) is 5.69 Å². The number of amides is 2. The van der Waals surface area contributed by atoms with Crippen LogP contribution in [-0.2, 0) is 9.59 Å². The summed E-state index contributed by atoms with van der Waals surface area (Å²) in [4.78, 5) is 30.0. The Labute approximate surface area is 158 Å². The molecule has 0 unspecified atom stereocenters. The summed E-state index contributed by atoms with van der Waals surface area (Å²) in [6.45, 7) is 4.27. The number of amidine groups is 1. The Balaban J connectivity index is 1.88. The third-order valence-corrected chi connectivity index (χ3v) is 5.16. The lowest BCUT2D eigenvalue weighted by atomic mass is 10.1. The molecule has 1 N–H and O–H groups in total. The van der Waals surface area contributed by atoms with Crippen molar-refractivity contribution in [2.45, 2.75) is 45.6 Å². The summed E-state index contributed by atoms with van der Waals surface area (Å²) in [6, 6.07) is 7.29. The largest absolute Gasteiger partial charge is 0.353 e. The first-order valence-electron chi connectivity index (χ1n) is 8.57. The van der Waals surface area contributed by atoms with E-state index in [4.69, 9.17) is 11.6 Å². The summed E-state index contributed by atoms with van der Waals surface area (Å²) in [5, 5.41) is 4.00. The monoisotopic (exact) mass is 381 g/mol. The highest BCUT2D eigenvalue weighted by molar-refractivity contribution is 8.14. The zero-order valence-electron chi connectivity index (χ0n) is 14.6. The van der Waals surface area contributed by atoms with E-state index in [1.807, 2.05) is 19.1 Å². The number of carbonyl (C=O) groups excluding carboxylic acids is 2. The van der Waals surface area contributed by atoms with Gasteiger partial charge in [-0.1, -0.05) is 61.7 Å². The van der Waals surface area contributed by atoms with Gasteiger partial charge in [0.1, 0.15) is 6.54 Å². The van der Waals surface area contributed by atoms with Gasteiger partial charge >= 0.3 is 0 Å². The second-order valence-electron chi connectivity index (χ2n) is 6.03. The molecule has 0 radical (unpaired) electrons. The third-order valence-electron chi connectivity index (χ3n) is 3.86. The maximum atomic E-state index is 12.1. The van der Waals surface area contributed by atoms with E-state index in [-0.39, 0.29) is 30.2 Å². The van der Waals surface area contributed by atoms with Crippen LogP contribution in [0, 0.1) is 0 Å². The highest BCUT2D eigenvalue weighted by atomic mass is 35.5. The Morgan fingerprint density at radius 2 is 2.16 bits per heavy atom. The lowest BCUT2D eigenvalue weighted by Gasteiger charge is -2.19. The van der Waals surface area contributed by atoms with Crippen molar-refractivity contribution in [3.8, 4) is 0 Å². The summed E-state index contributed by atoms with van der Waals surface area (Å²) in [7, 11) is 0. The van der Waals surface area contributed by atoms with Gasteiger partial charge in [0.15, 0.2) is 5.17 Å². The van der Waals surface area contributed by atoms with Crippen molar-refractivity contribution < 1.29 is 9.59 Å². The maximum Gasteiger partial charge on any atom is 0.254 e. The van der Waals surface area contributed by atoms with Crippen molar-refractivity contribution in [2.24, 2.45) is 4.99 Å². The molecule has 1 atom stereocenters. The highest BCUT2D eigenvalue weighted by Gasteiger charge is 2.29. The van der Waals surface area contributed by atoms with Gasteiger partial charge < -0.3 is 5.32 Å². The summed E-state index contributed by atoms with van der Waals surface area (Å²) in [5.41, 5.74) is 0.603. The molecule has 2 rings (SSSR count). The number of carbonyl (C=O) groups is 2. The second-order valence-corrected chi connectivity index (χ2v) is 7.38. The molecule has 1 aliphatic rings. The van der Waals surface area contributed by atoms with Crippen molar-refractivity contribution in [2.75, 3.05) is 17.2 Å². The molecule has 0 aliphatic carbocycles. The average Bonchev–Trinajstić information content (AvgIpc) is 2.94. The number of nitrogens with zero attached hydrogens (tertiary/aromatic N) is 2. The fourth-order valence-corrected chi connectivity index (χ4v) is 3.63. The minimum atomic E-state index is -0.135. The summed E-state index contributed by atoms with van der Waals surface area (Å²) in [5.74, 6) is 0.0460. The molecule has 0 aromatic heterocycles. The first kappa shape index (κ1) is 19.8. The summed E-state index contributed by atoms with van der Waals surface area (Å²) in [6.07, 6.45) is 4.45. The van der Waals surface area contributed by atoms with E-state index >= 15 is 0 Å². The van der Waals surface area contributed by atoms with Crippen molar-refractivity contribution >= 4 is 46.0 Å². The van der Waals surface area contributed by atoms with Crippen LogP contribution in [-0.4, -0.2) is 35.3 Å². The molecule has 1 aliphatic heterocycles. The molecule has 1 aromatic rings. The Bertz CT molecular complexity index is 651. The number of anilines is 1. The van der Waals surface area contributed by atoms with E-state index in [0.29, 0.717) is 15.9 Å². The topological polar surface area (TPSA) is 61.8 Å². The number of nitrogens with one attached hydrogen (secondary N) is 1. The quantitative estimate of drug-likeness (QED) is 0.695. The Hall–Kier alpha value is -1.53. The lowest BCUT2D eigenvalue weighted by molar-refractivity contribution is -0.119. The first-order valence-corrected chi connectivity index (χ1v) is 9.93. The van der Waals surface area contributed by atoms with Crippen LogP contribution in [0.3, 0.4) is 0 Å². The summed E-state index contributed by atoms with van der Waals surface area (Å²) >= 11 is 7.45. The molecule has 136 valence electrons. The number of unbranched alkanes of at least 4 members (excludes halogenated alkanes) is 2. The number of para-hydroxylation sites is 1. The molecule has 2 amide bonds. The normalized spacial score (nSPS) is 15.2. The van der Waals surface area contributed by atoms with Gasteiger partial charge in [0.25, 0.3) is 5.91 Å². The Morgan fingerprint density at radius 3 is 2.88 bits per heavy atom. The van der Waals surface area contributed by atoms with Crippen LogP contribution in [0.1, 0.15) is 39.5 Å². The molecule has 1 heterocycles. The summed E-state index contributed by atoms with van der Waals surface area (Å²) < 4.78 is 0. The van der Waals surface area contributed by atoms with Crippen LogP contribution >= 0.6 is 23.4 Å². The van der Waals surface area contributed by atoms with E-state index in [2.05, 4.69) is 17.2 Å². The minimum absolute atomic E-state index is 0.0462. The predicted octanol–water partition coefficient (Wildman–Crippen LogP) is 3.86. The predicted molar refractivity (Wildman–Crippen MR) is 105 cm³/mol. The maximum absolute atomic E-state index is 12.1. The van der Waals surface area contributed by atoms with E-state index < -0.39 is 0 Å². The van der Waals surface area contributed by atoms with Crippen molar-refractivity contribution in [3.05, 3.63) is 29.3 Å². The smallest absolute Gasteiger partial charge is 0.254 e. The molecular formula is C18H24ClN3O2S. The van der Waals surface area contributed by atoms with E-state index in [0.717, 1.165) is 12.8 Å². The fraction of sp³-hybridized carbons (Fsp3) is 0.500. The highest BCUT2D eigenvalue weighted by Crippen LogP contribution is 2.30. The van der Waals surface area contributed by atoms with Crippen molar-refractivity contribution in [3.63, 3.8) is 0 Å². The van der Waals surface area contributed by atoms with Gasteiger partial charge in [-0.3, -0.25) is 19.5 Å². The minimum Gasteiger partial charge on any atom is -0.353 e. The molecule has 7 heteroatoms. The van der Waals surface area contributed by atoms with Crippen LogP contribution in [0.15, 0.2) is 29.3 Å². The molecule has 5 nitrogen and oxygen atoms in total. The molecule has 25 heavy (non-hydrogen) atoms. The third kappa shape index (κ3) is 5.75. The van der Waals surface area contributed by atoms with Crippen LogP contribution in [0.25, 0.3) is 0 Å². The number of hydrogen-bond acceptors (Lipinski definition) is 4. The van der Waals surface area contributed by atoms with Gasteiger partial charge in [-0.15, -0.1) is 0 Å². The van der Waals surface area contributed by atoms with E-state index in [9.17, 15) is 9.59 Å². The second kappa shape index (κ2) is 9.82. The molecule has 1 aromatic carbocycles. The van der Waals surface area contributed by atoms with Gasteiger partial charge in [0.2, 0.25) is 5.91 Å². The number of thioether (sulfide) groups is 1. The molecule has 0 saturated carbocycles. The Kier molecular flexibility index (Phi) is 7.78. The fourth-order valence-electron chi connectivity index (χ4n) is 2.58. The molecular weight excluding hydrogens is 358 g/mol. The standard InChI is InChI=1S/C18H24ClN3O2S/c1-3-4-5-8-13(2)21-16(23)12-25-18-20-11-17(24)22(18)15-10-7-6-9-14(15)19/h6-7,9-10,13H,3-5,8,11-12H2,1-2H3,(H,21,23)/t13-/m1/s1. The number of halogens is 1. The number of rotatable bonds is 8. The molecule has 0 saturated heterocycles. The van der Waals surface area contributed by atoms with Gasteiger partial charge in [-0.2, -0.15) is 0 Å². The van der Waals surface area contributed by atoms with Gasteiger partial charge in [0, 0.05) is 6.04 Å². The zero-order valence-corrected chi connectivity index (χ0v) is 16.2. The molecule has 0 fully saturated rings. The molecule has 0 spiro atoms. The van der Waals surface area contributed by atoms with Gasteiger partial charge in [-0.25, -0.2) is 0 Å². The first-order chi connectivity index (χ1) is 12.0. The van der Waals surface area contributed by atoms with Crippen LogP contribution in [0.2, 0.25) is 5.02 Å². The number of hydrogen-bond donors (Lipinski definition) is 1. The van der Waals surface area contributed by atoms with E-state index in [1.165, 1.54) is 29.5 Å². The SMILES string of the molecule is CCCCC[C@@H](C)NC(=O)CSC1=NCC(=O)N1c1ccccc1Cl. The van der Waals surface area contributed by atoms with Crippen molar-refractivity contribution in [1.29, 1.82) is 0 Å². The number of aliphatic imine (C=N–C) groups is 1. The lowest BCUT2D eigenvalue weighted by Crippen LogP contribution is -2.35. The van der Waals surface area contributed by atoms with Crippen molar-refractivity contribution in [1.82, 2.24) is 5.32 Å². The van der Waals surface area contributed by atoms with Gasteiger partial charge in [-0.05, 0) is 25.5 Å². The number of benzene rings is 1. The van der Waals surface area contributed by atoms with Crippen LogP contribution in [0.5, 0.6) is 0 Å². The molecule has 0 bridgehead atoms. The van der Waals surface area contributed by atoms with Crippen LogP contribution < -0.4 is 10.2 Å². The zero-order chi connectivity index (χ0) is 18.2. The Morgan fingerprint density at radius 1 is 1.40 bits per heavy atom. The van der Waals surface area contributed by atoms with E-state index in [1.54, 1.807) is 12.1 Å².